The number of rotatable bonds is 5. The fraction of sp³-hybridized carbons (Fsp3) is 0.900. The lowest BCUT2D eigenvalue weighted by Crippen LogP contribution is -2.39. The lowest BCUT2D eigenvalue weighted by molar-refractivity contribution is -0.130. The van der Waals surface area contributed by atoms with Crippen LogP contribution in [0.3, 0.4) is 0 Å². The molecule has 0 rings (SSSR count). The van der Waals surface area contributed by atoms with Crippen LogP contribution in [0.25, 0.3) is 0 Å². The topological polar surface area (TPSA) is 38.3 Å². The van der Waals surface area contributed by atoms with Crippen molar-refractivity contribution in [3.05, 3.63) is 0 Å². The highest BCUT2D eigenvalue weighted by Gasteiger charge is 2.18. The molecule has 78 valence electrons. The molecule has 0 aliphatic heterocycles. The van der Waals surface area contributed by atoms with Gasteiger partial charge < -0.3 is 10.1 Å². The molecular formula is C10H21NO2. The summed E-state index contributed by atoms with van der Waals surface area (Å²) in [5, 5.41) is 2.86. The summed E-state index contributed by atoms with van der Waals surface area (Å²) in [6.07, 6.45) is 0.696. The van der Waals surface area contributed by atoms with Crippen LogP contribution in [0.2, 0.25) is 0 Å². The van der Waals surface area contributed by atoms with E-state index >= 15 is 0 Å². The highest BCUT2D eigenvalue weighted by atomic mass is 16.5. The van der Waals surface area contributed by atoms with E-state index in [0.717, 1.165) is 6.42 Å². The van der Waals surface area contributed by atoms with Crippen LogP contribution in [-0.2, 0) is 9.53 Å². The molecule has 0 saturated carbocycles. The maximum absolute atomic E-state index is 11.3. The third kappa shape index (κ3) is 4.88. The van der Waals surface area contributed by atoms with Crippen molar-refractivity contribution in [2.24, 2.45) is 5.41 Å². The Hall–Kier alpha value is -0.570. The van der Waals surface area contributed by atoms with Gasteiger partial charge in [-0.3, -0.25) is 4.79 Å². The van der Waals surface area contributed by atoms with Gasteiger partial charge in [-0.15, -0.1) is 0 Å². The third-order valence-electron chi connectivity index (χ3n) is 2.42. The van der Waals surface area contributed by atoms with Crippen molar-refractivity contribution in [3.8, 4) is 0 Å². The van der Waals surface area contributed by atoms with Crippen LogP contribution in [0.4, 0.5) is 0 Å². The van der Waals surface area contributed by atoms with Crippen molar-refractivity contribution in [1.29, 1.82) is 0 Å². The maximum atomic E-state index is 11.3. The lowest BCUT2D eigenvalue weighted by atomic mass is 9.90. The largest absolute Gasteiger partial charge is 0.372 e. The van der Waals surface area contributed by atoms with E-state index in [4.69, 9.17) is 4.74 Å². The molecule has 1 atom stereocenters. The summed E-state index contributed by atoms with van der Waals surface area (Å²) in [5.41, 5.74) is 0.170. The third-order valence-corrected chi connectivity index (χ3v) is 2.42. The van der Waals surface area contributed by atoms with E-state index in [1.807, 2.05) is 0 Å². The summed E-state index contributed by atoms with van der Waals surface area (Å²) in [4.78, 5) is 11.3. The zero-order valence-corrected chi connectivity index (χ0v) is 9.31. The molecule has 0 saturated heterocycles. The van der Waals surface area contributed by atoms with Gasteiger partial charge in [-0.25, -0.2) is 0 Å². The highest BCUT2D eigenvalue weighted by Crippen LogP contribution is 2.17. The first-order chi connectivity index (χ1) is 5.93. The lowest BCUT2D eigenvalue weighted by Gasteiger charge is -2.23. The van der Waals surface area contributed by atoms with Crippen molar-refractivity contribution in [3.63, 3.8) is 0 Å². The summed E-state index contributed by atoms with van der Waals surface area (Å²) in [7, 11) is 1.54. The average Bonchev–Trinajstić information content (AvgIpc) is 2.13. The summed E-state index contributed by atoms with van der Waals surface area (Å²) in [5.74, 6) is -0.0379. The van der Waals surface area contributed by atoms with Crippen LogP contribution in [0.5, 0.6) is 0 Å². The first-order valence-corrected chi connectivity index (χ1v) is 4.73. The molecule has 0 fully saturated rings. The van der Waals surface area contributed by atoms with E-state index in [2.05, 4.69) is 26.1 Å². The molecule has 3 heteroatoms. The second kappa shape index (κ2) is 5.22. The summed E-state index contributed by atoms with van der Waals surface area (Å²) in [6, 6.07) is 0. The molecule has 0 bridgehead atoms. The molecule has 1 amide bonds. The zero-order valence-electron chi connectivity index (χ0n) is 9.31. The quantitative estimate of drug-likeness (QED) is 0.709. The van der Waals surface area contributed by atoms with Crippen LogP contribution in [0.1, 0.15) is 34.1 Å². The Morgan fingerprint density at radius 3 is 2.46 bits per heavy atom. The molecule has 0 spiro atoms. The molecule has 0 aliphatic rings. The molecule has 1 unspecified atom stereocenters. The number of hydrogen-bond acceptors (Lipinski definition) is 2. The Bertz CT molecular complexity index is 166. The van der Waals surface area contributed by atoms with Gasteiger partial charge in [0.05, 0.1) is 0 Å². The second-order valence-corrected chi connectivity index (χ2v) is 4.11. The van der Waals surface area contributed by atoms with E-state index in [0.29, 0.717) is 6.54 Å². The van der Waals surface area contributed by atoms with E-state index in [1.54, 1.807) is 6.92 Å². The highest BCUT2D eigenvalue weighted by molar-refractivity contribution is 5.80. The molecular weight excluding hydrogens is 166 g/mol. The van der Waals surface area contributed by atoms with Gasteiger partial charge in [-0.05, 0) is 18.8 Å². The van der Waals surface area contributed by atoms with E-state index in [1.165, 1.54) is 7.11 Å². The SMILES string of the molecule is CCC(C)(C)CNC(=O)C(C)OC. The molecule has 0 heterocycles. The number of ether oxygens (including phenoxy) is 1. The minimum absolute atomic E-state index is 0.0379. The van der Waals surface area contributed by atoms with Gasteiger partial charge in [-0.2, -0.15) is 0 Å². The maximum Gasteiger partial charge on any atom is 0.248 e. The first-order valence-electron chi connectivity index (χ1n) is 4.73. The van der Waals surface area contributed by atoms with E-state index in [-0.39, 0.29) is 17.4 Å². The number of nitrogens with one attached hydrogen (secondary N) is 1. The zero-order chi connectivity index (χ0) is 10.5. The number of amides is 1. The predicted octanol–water partition coefficient (Wildman–Crippen LogP) is 1.57. The molecule has 1 N–H and O–H groups in total. The Labute approximate surface area is 80.8 Å². The van der Waals surface area contributed by atoms with Gasteiger partial charge in [-0.1, -0.05) is 20.8 Å². The van der Waals surface area contributed by atoms with Crippen molar-refractivity contribution < 1.29 is 9.53 Å². The predicted molar refractivity (Wildman–Crippen MR) is 53.6 cm³/mol. The van der Waals surface area contributed by atoms with Crippen molar-refractivity contribution >= 4 is 5.91 Å². The molecule has 0 aromatic carbocycles. The fourth-order valence-electron chi connectivity index (χ4n) is 0.702. The minimum Gasteiger partial charge on any atom is -0.372 e. The van der Waals surface area contributed by atoms with Crippen molar-refractivity contribution in [2.45, 2.75) is 40.2 Å². The Morgan fingerprint density at radius 1 is 1.54 bits per heavy atom. The van der Waals surface area contributed by atoms with Gasteiger partial charge in [0.15, 0.2) is 0 Å². The normalized spacial score (nSPS) is 13.9. The number of carbonyl (C=O) groups excluding carboxylic acids is 1. The van der Waals surface area contributed by atoms with Crippen molar-refractivity contribution in [1.82, 2.24) is 5.32 Å². The molecule has 0 aromatic heterocycles. The standard InChI is InChI=1S/C10H21NO2/c1-6-10(3,4)7-11-9(12)8(2)13-5/h8H,6-7H2,1-5H3,(H,11,12). The Morgan fingerprint density at radius 2 is 2.08 bits per heavy atom. The van der Waals surface area contributed by atoms with Gasteiger partial charge in [0.25, 0.3) is 0 Å². The Kier molecular flexibility index (Phi) is 4.99. The molecule has 3 nitrogen and oxygen atoms in total. The molecule has 0 radical (unpaired) electrons. The van der Waals surface area contributed by atoms with Gasteiger partial charge in [0, 0.05) is 13.7 Å². The minimum atomic E-state index is -0.354. The van der Waals surface area contributed by atoms with Gasteiger partial charge in [0.2, 0.25) is 5.91 Å². The summed E-state index contributed by atoms with van der Waals surface area (Å²) in [6.45, 7) is 8.83. The molecule has 0 aliphatic carbocycles. The second-order valence-electron chi connectivity index (χ2n) is 4.11. The molecule has 13 heavy (non-hydrogen) atoms. The number of hydrogen-bond donors (Lipinski definition) is 1. The number of methoxy groups -OCH3 is 1. The van der Waals surface area contributed by atoms with Crippen molar-refractivity contribution in [2.75, 3.05) is 13.7 Å². The van der Waals surface area contributed by atoms with Crippen LogP contribution in [-0.4, -0.2) is 25.7 Å². The fourth-order valence-corrected chi connectivity index (χ4v) is 0.702. The van der Waals surface area contributed by atoms with Gasteiger partial charge in [0.1, 0.15) is 6.10 Å². The van der Waals surface area contributed by atoms with Crippen LogP contribution >= 0.6 is 0 Å². The van der Waals surface area contributed by atoms with Crippen LogP contribution in [0, 0.1) is 5.41 Å². The van der Waals surface area contributed by atoms with Crippen LogP contribution in [0.15, 0.2) is 0 Å². The summed E-state index contributed by atoms with van der Waals surface area (Å²) < 4.78 is 4.90. The Balaban J connectivity index is 3.83. The van der Waals surface area contributed by atoms with E-state index < -0.39 is 0 Å². The van der Waals surface area contributed by atoms with Gasteiger partial charge >= 0.3 is 0 Å². The first kappa shape index (κ1) is 12.4. The summed E-state index contributed by atoms with van der Waals surface area (Å²) >= 11 is 0. The van der Waals surface area contributed by atoms with Crippen LogP contribution < -0.4 is 5.32 Å². The average molecular weight is 187 g/mol. The number of carbonyl (C=O) groups is 1. The molecule has 0 aromatic rings. The van der Waals surface area contributed by atoms with E-state index in [9.17, 15) is 4.79 Å². The smallest absolute Gasteiger partial charge is 0.248 e. The monoisotopic (exact) mass is 187 g/mol.